The minimum atomic E-state index is -0.326. The maximum atomic E-state index is 13.6. The van der Waals surface area contributed by atoms with Crippen molar-refractivity contribution in [3.05, 3.63) is 59.9 Å². The summed E-state index contributed by atoms with van der Waals surface area (Å²) in [5, 5.41) is 7.85. The second kappa shape index (κ2) is 7.05. The van der Waals surface area contributed by atoms with Gasteiger partial charge in [-0.15, -0.1) is 12.4 Å². The van der Waals surface area contributed by atoms with Crippen molar-refractivity contribution in [3.63, 3.8) is 0 Å². The van der Waals surface area contributed by atoms with Crippen LogP contribution in [0, 0.1) is 19.7 Å². The highest BCUT2D eigenvalue weighted by Gasteiger charge is 2.17. The molecule has 0 saturated carbocycles. The van der Waals surface area contributed by atoms with Gasteiger partial charge in [0.15, 0.2) is 11.5 Å². The predicted octanol–water partition coefficient (Wildman–Crippen LogP) is 4.60. The Balaban J connectivity index is 0.00000196. The molecule has 26 heavy (non-hydrogen) atoms. The maximum absolute atomic E-state index is 13.6. The molecule has 132 valence electrons. The van der Waals surface area contributed by atoms with E-state index in [4.69, 9.17) is 4.52 Å². The zero-order valence-corrected chi connectivity index (χ0v) is 14.8. The number of nitrogens with zero attached hydrogens (tertiary/aromatic N) is 4. The molecule has 4 aromatic rings. The summed E-state index contributed by atoms with van der Waals surface area (Å²) in [6.45, 7) is 3.64. The van der Waals surface area contributed by atoms with Gasteiger partial charge in [-0.3, -0.25) is 0 Å². The summed E-state index contributed by atoms with van der Waals surface area (Å²) in [5.74, 6) is 0.535. The molecule has 0 spiro atoms. The average Bonchev–Trinajstić information content (AvgIpc) is 3.01. The first-order valence-electron chi connectivity index (χ1n) is 7.70. The van der Waals surface area contributed by atoms with Gasteiger partial charge in [-0.1, -0.05) is 11.2 Å². The summed E-state index contributed by atoms with van der Waals surface area (Å²) in [6, 6.07) is 10.0. The summed E-state index contributed by atoms with van der Waals surface area (Å²) in [6.07, 6.45) is 1.63. The summed E-state index contributed by atoms with van der Waals surface area (Å²) in [4.78, 5) is 13.1. The van der Waals surface area contributed by atoms with Crippen LogP contribution in [-0.2, 0) is 0 Å². The number of hydrogen-bond donors (Lipinski definition) is 1. The van der Waals surface area contributed by atoms with Crippen LogP contribution in [0.2, 0.25) is 0 Å². The van der Waals surface area contributed by atoms with Crippen molar-refractivity contribution < 1.29 is 8.91 Å². The van der Waals surface area contributed by atoms with Gasteiger partial charge in [-0.2, -0.15) is 4.98 Å². The minimum absolute atomic E-state index is 0. The van der Waals surface area contributed by atoms with Crippen molar-refractivity contribution in [1.82, 2.24) is 20.1 Å². The fourth-order valence-corrected chi connectivity index (χ4v) is 2.59. The van der Waals surface area contributed by atoms with Gasteiger partial charge in [0.05, 0.1) is 11.3 Å². The van der Waals surface area contributed by atoms with Gasteiger partial charge in [0, 0.05) is 23.0 Å². The number of benzene rings is 1. The van der Waals surface area contributed by atoms with Gasteiger partial charge in [0.2, 0.25) is 0 Å². The third-order valence-electron chi connectivity index (χ3n) is 3.72. The number of aromatic nitrogens is 4. The van der Waals surface area contributed by atoms with Crippen molar-refractivity contribution in [2.45, 2.75) is 13.8 Å². The summed E-state index contributed by atoms with van der Waals surface area (Å²) < 4.78 is 18.8. The van der Waals surface area contributed by atoms with Gasteiger partial charge < -0.3 is 9.84 Å². The Kier molecular flexibility index (Phi) is 4.81. The van der Waals surface area contributed by atoms with Gasteiger partial charge in [-0.25, -0.2) is 14.4 Å². The lowest BCUT2D eigenvalue weighted by molar-refractivity contribution is 0.425. The third-order valence-corrected chi connectivity index (χ3v) is 3.72. The van der Waals surface area contributed by atoms with E-state index in [1.165, 1.54) is 12.1 Å². The molecule has 0 unspecified atom stereocenters. The van der Waals surface area contributed by atoms with Crippen molar-refractivity contribution in [3.8, 4) is 11.5 Å². The van der Waals surface area contributed by atoms with Crippen LogP contribution >= 0.6 is 12.4 Å². The highest BCUT2D eigenvalue weighted by molar-refractivity contribution is 5.98. The van der Waals surface area contributed by atoms with Crippen LogP contribution in [0.15, 0.2) is 47.1 Å². The molecule has 0 aliphatic carbocycles. The van der Waals surface area contributed by atoms with Crippen molar-refractivity contribution in [2.75, 3.05) is 5.32 Å². The minimum Gasteiger partial charge on any atom is -0.354 e. The summed E-state index contributed by atoms with van der Waals surface area (Å²) in [7, 11) is 0. The molecule has 0 saturated heterocycles. The van der Waals surface area contributed by atoms with E-state index < -0.39 is 0 Å². The highest BCUT2D eigenvalue weighted by Crippen LogP contribution is 2.34. The van der Waals surface area contributed by atoms with Crippen LogP contribution in [0.5, 0.6) is 0 Å². The fourth-order valence-electron chi connectivity index (χ4n) is 2.59. The Morgan fingerprint density at radius 1 is 1.08 bits per heavy atom. The Morgan fingerprint density at radius 3 is 2.65 bits per heavy atom. The number of anilines is 2. The molecular formula is C18H15ClFN5O. The number of hydrogen-bond acceptors (Lipinski definition) is 6. The van der Waals surface area contributed by atoms with Crippen LogP contribution < -0.4 is 5.32 Å². The molecule has 1 aromatic carbocycles. The molecule has 0 bridgehead atoms. The first-order chi connectivity index (χ1) is 12.1. The average molecular weight is 372 g/mol. The van der Waals surface area contributed by atoms with E-state index in [2.05, 4.69) is 25.4 Å². The van der Waals surface area contributed by atoms with E-state index in [9.17, 15) is 4.39 Å². The van der Waals surface area contributed by atoms with E-state index in [1.54, 1.807) is 25.3 Å². The van der Waals surface area contributed by atoms with Crippen molar-refractivity contribution in [1.29, 1.82) is 0 Å². The Labute approximate surface area is 154 Å². The predicted molar refractivity (Wildman–Crippen MR) is 99.2 cm³/mol. The van der Waals surface area contributed by atoms with Crippen LogP contribution in [0.25, 0.3) is 22.5 Å². The first-order valence-corrected chi connectivity index (χ1v) is 7.70. The van der Waals surface area contributed by atoms with Crippen molar-refractivity contribution >= 4 is 34.8 Å². The number of pyridine rings is 2. The van der Waals surface area contributed by atoms with Gasteiger partial charge in [0.1, 0.15) is 5.82 Å². The zero-order chi connectivity index (χ0) is 17.4. The van der Waals surface area contributed by atoms with Crippen LogP contribution in [0.3, 0.4) is 0 Å². The van der Waals surface area contributed by atoms with Crippen LogP contribution in [0.4, 0.5) is 15.8 Å². The standard InChI is InChI=1S/C18H14FN5O.ClH/c1-10-6-7-14-16(23-13-5-3-4-12(19)8-13)15(9-20-17(14)21-10)18-22-11(2)24-25-18;/h3-9H,1-2H3,(H,20,21,23);1H. The van der Waals surface area contributed by atoms with E-state index in [-0.39, 0.29) is 18.2 Å². The molecule has 0 radical (unpaired) electrons. The number of halogens is 2. The number of aryl methyl sites for hydroxylation is 2. The van der Waals surface area contributed by atoms with Gasteiger partial charge in [0.25, 0.3) is 5.89 Å². The van der Waals surface area contributed by atoms with Crippen LogP contribution in [0.1, 0.15) is 11.5 Å². The molecule has 4 rings (SSSR count). The van der Waals surface area contributed by atoms with E-state index in [1.807, 2.05) is 19.1 Å². The Morgan fingerprint density at radius 2 is 1.92 bits per heavy atom. The largest absolute Gasteiger partial charge is 0.354 e. The summed E-state index contributed by atoms with van der Waals surface area (Å²) >= 11 is 0. The van der Waals surface area contributed by atoms with E-state index >= 15 is 0 Å². The Bertz CT molecular complexity index is 1080. The second-order valence-electron chi connectivity index (χ2n) is 5.65. The molecule has 8 heteroatoms. The number of fused-ring (bicyclic) bond motifs is 1. The van der Waals surface area contributed by atoms with Crippen molar-refractivity contribution in [2.24, 2.45) is 0 Å². The maximum Gasteiger partial charge on any atom is 0.261 e. The van der Waals surface area contributed by atoms with Crippen LogP contribution in [-0.4, -0.2) is 20.1 Å². The molecule has 0 atom stereocenters. The lowest BCUT2D eigenvalue weighted by atomic mass is 10.1. The molecule has 0 fully saturated rings. The van der Waals surface area contributed by atoms with E-state index in [0.717, 1.165) is 11.1 Å². The SMILES string of the molecule is Cc1ccc2c(Nc3cccc(F)c3)c(-c3nc(C)no3)cnc2n1.Cl. The molecular weight excluding hydrogens is 357 g/mol. The molecule has 0 aliphatic rings. The molecule has 6 nitrogen and oxygen atoms in total. The molecule has 1 N–H and O–H groups in total. The zero-order valence-electron chi connectivity index (χ0n) is 14.0. The first kappa shape index (κ1) is 17.8. The second-order valence-corrected chi connectivity index (χ2v) is 5.65. The Hall–Kier alpha value is -3.06. The molecule has 0 aliphatic heterocycles. The smallest absolute Gasteiger partial charge is 0.261 e. The van der Waals surface area contributed by atoms with E-state index in [0.29, 0.717) is 34.3 Å². The number of rotatable bonds is 3. The normalized spacial score (nSPS) is 10.6. The lowest BCUT2D eigenvalue weighted by Crippen LogP contribution is -1.98. The third kappa shape index (κ3) is 3.34. The fraction of sp³-hybridized carbons (Fsp3) is 0.111. The molecule has 3 heterocycles. The van der Waals surface area contributed by atoms with Gasteiger partial charge >= 0.3 is 0 Å². The van der Waals surface area contributed by atoms with Gasteiger partial charge in [-0.05, 0) is 44.2 Å². The molecule has 3 aromatic heterocycles. The highest BCUT2D eigenvalue weighted by atomic mass is 35.5. The monoisotopic (exact) mass is 371 g/mol. The molecule has 0 amide bonds. The topological polar surface area (TPSA) is 76.7 Å². The number of nitrogens with one attached hydrogen (secondary N) is 1. The lowest BCUT2D eigenvalue weighted by Gasteiger charge is -2.13. The summed E-state index contributed by atoms with van der Waals surface area (Å²) in [5.41, 5.74) is 3.36. The quantitative estimate of drug-likeness (QED) is 0.567.